The summed E-state index contributed by atoms with van der Waals surface area (Å²) in [5.41, 5.74) is 5.90. The van der Waals surface area contributed by atoms with Crippen molar-refractivity contribution in [2.75, 3.05) is 18.8 Å². The summed E-state index contributed by atoms with van der Waals surface area (Å²) in [4.78, 5) is 26.0. The molecule has 0 bridgehead atoms. The standard InChI is InChI=1S/C14H20N4O2/c15-10-1-4-14(20)18(7-10)9-13(19)16-11-5-6-17(8-11)12-2-3-12/h1,4,7,11-12H,2-3,5-6,8-9,15H2,(H,16,19). The molecule has 2 aliphatic rings. The number of rotatable bonds is 4. The molecule has 1 aliphatic heterocycles. The molecule has 1 aliphatic carbocycles. The van der Waals surface area contributed by atoms with Gasteiger partial charge in [-0.05, 0) is 25.3 Å². The van der Waals surface area contributed by atoms with Crippen LogP contribution < -0.4 is 16.6 Å². The lowest BCUT2D eigenvalue weighted by atomic mass is 10.2. The van der Waals surface area contributed by atoms with E-state index >= 15 is 0 Å². The highest BCUT2D eigenvalue weighted by atomic mass is 16.2. The number of amides is 1. The molecule has 1 amide bonds. The Balaban J connectivity index is 1.54. The van der Waals surface area contributed by atoms with Crippen LogP contribution in [0.2, 0.25) is 0 Å². The van der Waals surface area contributed by atoms with E-state index in [0.717, 1.165) is 25.6 Å². The van der Waals surface area contributed by atoms with Crippen molar-refractivity contribution in [2.24, 2.45) is 0 Å². The molecule has 6 heteroatoms. The van der Waals surface area contributed by atoms with E-state index in [0.29, 0.717) is 5.69 Å². The maximum Gasteiger partial charge on any atom is 0.251 e. The number of carbonyl (C=O) groups is 1. The maximum absolute atomic E-state index is 12.0. The van der Waals surface area contributed by atoms with Gasteiger partial charge in [0.1, 0.15) is 6.54 Å². The third-order valence-electron chi connectivity index (χ3n) is 3.97. The van der Waals surface area contributed by atoms with Gasteiger partial charge in [-0.25, -0.2) is 0 Å². The van der Waals surface area contributed by atoms with Gasteiger partial charge >= 0.3 is 0 Å². The fraction of sp³-hybridized carbons (Fsp3) is 0.571. The average Bonchev–Trinajstić information content (AvgIpc) is 3.15. The van der Waals surface area contributed by atoms with E-state index in [1.54, 1.807) is 6.07 Å². The van der Waals surface area contributed by atoms with Gasteiger partial charge in [-0.1, -0.05) is 0 Å². The molecule has 2 fully saturated rings. The first-order valence-electron chi connectivity index (χ1n) is 7.11. The highest BCUT2D eigenvalue weighted by Crippen LogP contribution is 2.29. The van der Waals surface area contributed by atoms with Crippen molar-refractivity contribution in [1.82, 2.24) is 14.8 Å². The molecule has 3 N–H and O–H groups in total. The first kappa shape index (κ1) is 13.2. The number of pyridine rings is 1. The molecule has 2 heterocycles. The highest BCUT2D eigenvalue weighted by Gasteiger charge is 2.34. The van der Waals surface area contributed by atoms with Crippen molar-refractivity contribution >= 4 is 11.6 Å². The quantitative estimate of drug-likeness (QED) is 0.797. The van der Waals surface area contributed by atoms with Crippen molar-refractivity contribution < 1.29 is 4.79 Å². The van der Waals surface area contributed by atoms with Crippen LogP contribution in [0.1, 0.15) is 19.3 Å². The lowest BCUT2D eigenvalue weighted by Crippen LogP contribution is -2.40. The minimum Gasteiger partial charge on any atom is -0.398 e. The molecular weight excluding hydrogens is 256 g/mol. The largest absolute Gasteiger partial charge is 0.398 e. The molecule has 1 saturated carbocycles. The van der Waals surface area contributed by atoms with Crippen molar-refractivity contribution in [2.45, 2.75) is 37.9 Å². The van der Waals surface area contributed by atoms with Crippen LogP contribution in [0.15, 0.2) is 23.1 Å². The molecular formula is C14H20N4O2. The zero-order valence-electron chi connectivity index (χ0n) is 11.4. The summed E-state index contributed by atoms with van der Waals surface area (Å²) in [5.74, 6) is -0.125. The number of hydrogen-bond acceptors (Lipinski definition) is 4. The Labute approximate surface area is 117 Å². The molecule has 6 nitrogen and oxygen atoms in total. The second-order valence-electron chi connectivity index (χ2n) is 5.71. The van der Waals surface area contributed by atoms with Crippen LogP contribution >= 0.6 is 0 Å². The Bertz CT molecular complexity index is 565. The summed E-state index contributed by atoms with van der Waals surface area (Å²) >= 11 is 0. The van der Waals surface area contributed by atoms with Crippen molar-refractivity contribution in [3.63, 3.8) is 0 Å². The number of anilines is 1. The summed E-state index contributed by atoms with van der Waals surface area (Å²) in [6, 6.07) is 3.88. The van der Waals surface area contributed by atoms with E-state index in [2.05, 4.69) is 10.2 Å². The number of nitrogens with two attached hydrogens (primary N) is 1. The van der Waals surface area contributed by atoms with E-state index in [4.69, 9.17) is 5.73 Å². The number of carbonyl (C=O) groups excluding carboxylic acids is 1. The predicted octanol–water partition coefficient (Wildman–Crippen LogP) is -0.217. The van der Waals surface area contributed by atoms with Crippen LogP contribution in [0.25, 0.3) is 0 Å². The topological polar surface area (TPSA) is 80.4 Å². The fourth-order valence-corrected chi connectivity index (χ4v) is 2.78. The number of likely N-dealkylation sites (tertiary alicyclic amines) is 1. The lowest BCUT2D eigenvalue weighted by molar-refractivity contribution is -0.122. The molecule has 1 saturated heterocycles. The van der Waals surface area contributed by atoms with Crippen molar-refractivity contribution in [3.8, 4) is 0 Å². The molecule has 1 unspecified atom stereocenters. The molecule has 0 radical (unpaired) electrons. The summed E-state index contributed by atoms with van der Waals surface area (Å²) in [5, 5.41) is 3.01. The number of aromatic nitrogens is 1. The van der Waals surface area contributed by atoms with Crippen LogP contribution in [-0.4, -0.2) is 40.5 Å². The van der Waals surface area contributed by atoms with Crippen LogP contribution in [0.5, 0.6) is 0 Å². The van der Waals surface area contributed by atoms with Crippen LogP contribution in [0.4, 0.5) is 5.69 Å². The fourth-order valence-electron chi connectivity index (χ4n) is 2.78. The average molecular weight is 276 g/mol. The Morgan fingerprint density at radius 2 is 2.15 bits per heavy atom. The van der Waals surface area contributed by atoms with Gasteiger partial charge < -0.3 is 15.6 Å². The van der Waals surface area contributed by atoms with Crippen LogP contribution in [0, 0.1) is 0 Å². The highest BCUT2D eigenvalue weighted by molar-refractivity contribution is 5.76. The van der Waals surface area contributed by atoms with Gasteiger partial charge in [-0.15, -0.1) is 0 Å². The smallest absolute Gasteiger partial charge is 0.251 e. The number of nitrogens with zero attached hydrogens (tertiary/aromatic N) is 2. The molecule has 108 valence electrons. The van der Waals surface area contributed by atoms with Gasteiger partial charge in [-0.3, -0.25) is 14.5 Å². The Kier molecular flexibility index (Phi) is 3.48. The minimum atomic E-state index is -0.208. The van der Waals surface area contributed by atoms with Gasteiger partial charge in [0.05, 0.1) is 0 Å². The van der Waals surface area contributed by atoms with Gasteiger partial charge in [0.15, 0.2) is 0 Å². The third kappa shape index (κ3) is 3.01. The summed E-state index contributed by atoms with van der Waals surface area (Å²) in [6.45, 7) is 2.03. The second-order valence-corrected chi connectivity index (χ2v) is 5.71. The van der Waals surface area contributed by atoms with Gasteiger partial charge in [-0.2, -0.15) is 0 Å². The Morgan fingerprint density at radius 1 is 1.35 bits per heavy atom. The first-order chi connectivity index (χ1) is 9.61. The van der Waals surface area contributed by atoms with E-state index in [9.17, 15) is 9.59 Å². The Hall–Kier alpha value is -1.82. The zero-order chi connectivity index (χ0) is 14.1. The van der Waals surface area contributed by atoms with E-state index < -0.39 is 0 Å². The van der Waals surface area contributed by atoms with E-state index in [1.165, 1.54) is 29.7 Å². The molecule has 0 spiro atoms. The van der Waals surface area contributed by atoms with Gasteiger partial charge in [0.25, 0.3) is 5.56 Å². The Morgan fingerprint density at radius 3 is 2.90 bits per heavy atom. The zero-order valence-corrected chi connectivity index (χ0v) is 11.4. The molecule has 0 aromatic carbocycles. The lowest BCUT2D eigenvalue weighted by Gasteiger charge is -2.16. The van der Waals surface area contributed by atoms with Gasteiger partial charge in [0.2, 0.25) is 5.91 Å². The molecule has 1 aromatic rings. The summed E-state index contributed by atoms with van der Waals surface area (Å²) in [6.07, 6.45) is 5.08. The van der Waals surface area contributed by atoms with E-state index in [1.807, 2.05) is 0 Å². The van der Waals surface area contributed by atoms with Crippen molar-refractivity contribution in [3.05, 3.63) is 28.7 Å². The minimum absolute atomic E-state index is 0.0315. The maximum atomic E-state index is 12.0. The van der Waals surface area contributed by atoms with Gasteiger partial charge in [0, 0.05) is 43.1 Å². The number of nitrogens with one attached hydrogen (secondary N) is 1. The molecule has 3 rings (SSSR count). The number of hydrogen-bond donors (Lipinski definition) is 2. The summed E-state index contributed by atoms with van der Waals surface area (Å²) < 4.78 is 1.35. The SMILES string of the molecule is Nc1ccc(=O)n(CC(=O)NC2CCN(C3CC3)C2)c1. The molecule has 20 heavy (non-hydrogen) atoms. The second kappa shape index (κ2) is 5.28. The molecule has 1 aromatic heterocycles. The summed E-state index contributed by atoms with van der Waals surface area (Å²) in [7, 11) is 0. The number of nitrogen functional groups attached to an aromatic ring is 1. The normalized spacial score (nSPS) is 22.9. The third-order valence-corrected chi connectivity index (χ3v) is 3.97. The first-order valence-corrected chi connectivity index (χ1v) is 7.11. The monoisotopic (exact) mass is 276 g/mol. The van der Waals surface area contributed by atoms with Crippen LogP contribution in [-0.2, 0) is 11.3 Å². The van der Waals surface area contributed by atoms with E-state index in [-0.39, 0.29) is 24.1 Å². The molecule has 1 atom stereocenters. The van der Waals surface area contributed by atoms with Crippen LogP contribution in [0.3, 0.4) is 0 Å². The van der Waals surface area contributed by atoms with Crippen molar-refractivity contribution in [1.29, 1.82) is 0 Å². The predicted molar refractivity (Wildman–Crippen MR) is 76.3 cm³/mol.